The predicted octanol–water partition coefficient (Wildman–Crippen LogP) is 2.19. The molecule has 124 valence electrons. The molecule has 0 radical (unpaired) electrons. The molecular formula is C14H16NO7P. The van der Waals surface area contributed by atoms with Gasteiger partial charge in [0.05, 0.1) is 6.16 Å². The molecule has 0 spiro atoms. The largest absolute Gasteiger partial charge is 0.481 e. The monoisotopic (exact) mass is 341 g/mol. The second-order valence-electron chi connectivity index (χ2n) is 5.04. The second kappa shape index (κ2) is 6.95. The first-order valence-corrected chi connectivity index (χ1v) is 8.54. The Bertz CT molecular complexity index is 736. The number of carboxylic acid groups (broad SMARTS) is 2. The highest BCUT2D eigenvalue weighted by atomic mass is 31.2. The van der Waals surface area contributed by atoms with Gasteiger partial charge in [-0.15, -0.1) is 0 Å². The summed E-state index contributed by atoms with van der Waals surface area (Å²) in [5.74, 6) is -2.68. The standard InChI is InChI=1S/C14H16NO7P/c16-13(17)6-5-12(14(18)19)22-23(20,21)8-10-7-9-3-1-2-4-11(9)15-10/h1-4,7,12,15H,5-6,8H2,(H,16,17)(H,18,19)(H,20,21). The van der Waals surface area contributed by atoms with Crippen LogP contribution in [0.25, 0.3) is 10.9 Å². The molecule has 1 heterocycles. The minimum absolute atomic E-state index is 0.387. The van der Waals surface area contributed by atoms with Gasteiger partial charge in [-0.3, -0.25) is 13.9 Å². The quantitative estimate of drug-likeness (QED) is 0.540. The van der Waals surface area contributed by atoms with E-state index in [1.165, 1.54) is 0 Å². The van der Waals surface area contributed by atoms with Crippen molar-refractivity contribution in [3.8, 4) is 0 Å². The van der Waals surface area contributed by atoms with E-state index in [0.717, 1.165) is 10.9 Å². The number of aromatic nitrogens is 1. The minimum atomic E-state index is -4.24. The lowest BCUT2D eigenvalue weighted by molar-refractivity contribution is -0.146. The minimum Gasteiger partial charge on any atom is -0.481 e. The molecule has 2 rings (SSSR count). The van der Waals surface area contributed by atoms with Crippen molar-refractivity contribution in [3.05, 3.63) is 36.0 Å². The van der Waals surface area contributed by atoms with Gasteiger partial charge in [-0.1, -0.05) is 18.2 Å². The van der Waals surface area contributed by atoms with Crippen LogP contribution in [-0.2, 0) is 24.8 Å². The van der Waals surface area contributed by atoms with Crippen molar-refractivity contribution in [1.29, 1.82) is 0 Å². The average Bonchev–Trinajstić information content (AvgIpc) is 2.84. The molecular weight excluding hydrogens is 325 g/mol. The predicted molar refractivity (Wildman–Crippen MR) is 81.2 cm³/mol. The molecule has 23 heavy (non-hydrogen) atoms. The Labute approximate surface area is 131 Å². The van der Waals surface area contributed by atoms with Gasteiger partial charge in [0, 0.05) is 17.6 Å². The molecule has 0 aliphatic rings. The van der Waals surface area contributed by atoms with Crippen LogP contribution >= 0.6 is 7.60 Å². The number of aromatic amines is 1. The van der Waals surface area contributed by atoms with Crippen LogP contribution in [0.1, 0.15) is 18.5 Å². The third-order valence-electron chi connectivity index (χ3n) is 3.14. The van der Waals surface area contributed by atoms with Gasteiger partial charge >= 0.3 is 19.5 Å². The molecule has 2 aromatic rings. The molecule has 8 nitrogen and oxygen atoms in total. The number of H-pyrrole nitrogens is 1. The van der Waals surface area contributed by atoms with Crippen molar-refractivity contribution in [3.63, 3.8) is 0 Å². The van der Waals surface area contributed by atoms with E-state index < -0.39 is 38.2 Å². The molecule has 0 aliphatic heterocycles. The Hall–Kier alpha value is -2.15. The van der Waals surface area contributed by atoms with Crippen LogP contribution in [0.5, 0.6) is 0 Å². The van der Waals surface area contributed by atoms with E-state index in [-0.39, 0.29) is 6.42 Å². The Balaban J connectivity index is 2.08. The lowest BCUT2D eigenvalue weighted by Crippen LogP contribution is -2.24. The van der Waals surface area contributed by atoms with Crippen LogP contribution in [0, 0.1) is 0 Å². The van der Waals surface area contributed by atoms with E-state index in [9.17, 15) is 19.0 Å². The first-order chi connectivity index (χ1) is 10.8. The molecule has 0 bridgehead atoms. The van der Waals surface area contributed by atoms with Crippen molar-refractivity contribution in [1.82, 2.24) is 4.98 Å². The maximum absolute atomic E-state index is 12.1. The zero-order valence-electron chi connectivity index (χ0n) is 12.0. The summed E-state index contributed by atoms with van der Waals surface area (Å²) < 4.78 is 16.9. The first-order valence-electron chi connectivity index (χ1n) is 6.78. The summed E-state index contributed by atoms with van der Waals surface area (Å²) >= 11 is 0. The number of nitrogens with one attached hydrogen (secondary N) is 1. The summed E-state index contributed by atoms with van der Waals surface area (Å²) in [4.78, 5) is 34.4. The van der Waals surface area contributed by atoms with Gasteiger partial charge in [0.15, 0.2) is 6.10 Å². The van der Waals surface area contributed by atoms with Gasteiger partial charge in [0.25, 0.3) is 0 Å². The molecule has 0 fully saturated rings. The highest BCUT2D eigenvalue weighted by Gasteiger charge is 2.30. The van der Waals surface area contributed by atoms with E-state index in [4.69, 9.17) is 14.7 Å². The maximum Gasteiger partial charge on any atom is 0.334 e. The number of rotatable bonds is 8. The molecule has 9 heteroatoms. The summed E-state index contributed by atoms with van der Waals surface area (Å²) in [6.45, 7) is 0. The lowest BCUT2D eigenvalue weighted by Gasteiger charge is -2.17. The highest BCUT2D eigenvalue weighted by Crippen LogP contribution is 2.47. The normalized spacial score (nSPS) is 15.2. The summed E-state index contributed by atoms with van der Waals surface area (Å²) in [5.41, 5.74) is 1.21. The Morgan fingerprint density at radius 1 is 1.26 bits per heavy atom. The van der Waals surface area contributed by atoms with Crippen molar-refractivity contribution >= 4 is 30.4 Å². The van der Waals surface area contributed by atoms with Crippen LogP contribution in [-0.4, -0.2) is 38.1 Å². The van der Waals surface area contributed by atoms with Crippen LogP contribution in [0.2, 0.25) is 0 Å². The van der Waals surface area contributed by atoms with Gasteiger partial charge in [-0.05, 0) is 23.9 Å². The molecule has 0 saturated carbocycles. The van der Waals surface area contributed by atoms with Crippen LogP contribution in [0.15, 0.2) is 30.3 Å². The summed E-state index contributed by atoms with van der Waals surface area (Å²) in [5, 5.41) is 18.4. The molecule has 2 unspecified atom stereocenters. The van der Waals surface area contributed by atoms with Crippen molar-refractivity contribution in [2.24, 2.45) is 0 Å². The van der Waals surface area contributed by atoms with E-state index in [1.807, 2.05) is 18.2 Å². The molecule has 0 aliphatic carbocycles. The van der Waals surface area contributed by atoms with E-state index in [2.05, 4.69) is 4.98 Å². The van der Waals surface area contributed by atoms with E-state index in [0.29, 0.717) is 5.69 Å². The molecule has 4 N–H and O–H groups in total. The second-order valence-corrected chi connectivity index (χ2v) is 6.84. The van der Waals surface area contributed by atoms with Gasteiger partial charge in [0.1, 0.15) is 0 Å². The van der Waals surface area contributed by atoms with Gasteiger partial charge in [-0.2, -0.15) is 0 Å². The number of carboxylic acids is 2. The molecule has 1 aromatic carbocycles. The van der Waals surface area contributed by atoms with Gasteiger partial charge in [0.2, 0.25) is 0 Å². The van der Waals surface area contributed by atoms with Crippen molar-refractivity contribution in [2.45, 2.75) is 25.1 Å². The molecule has 2 atom stereocenters. The number of hydrogen-bond donors (Lipinski definition) is 4. The fraction of sp³-hybridized carbons (Fsp3) is 0.286. The number of hydrogen-bond acceptors (Lipinski definition) is 4. The zero-order chi connectivity index (χ0) is 17.0. The fourth-order valence-corrected chi connectivity index (χ4v) is 3.41. The third-order valence-corrected chi connectivity index (χ3v) is 4.47. The highest BCUT2D eigenvalue weighted by molar-refractivity contribution is 7.52. The number of carbonyl (C=O) groups is 2. The third kappa shape index (κ3) is 4.92. The average molecular weight is 341 g/mol. The summed E-state index contributed by atoms with van der Waals surface area (Å²) in [7, 11) is -4.24. The summed E-state index contributed by atoms with van der Waals surface area (Å²) in [6, 6.07) is 8.93. The van der Waals surface area contributed by atoms with E-state index >= 15 is 0 Å². The Morgan fingerprint density at radius 3 is 2.57 bits per heavy atom. The number of para-hydroxylation sites is 1. The number of fused-ring (bicyclic) bond motifs is 1. The maximum atomic E-state index is 12.1. The van der Waals surface area contributed by atoms with E-state index in [1.54, 1.807) is 12.1 Å². The fourth-order valence-electron chi connectivity index (χ4n) is 2.15. The van der Waals surface area contributed by atoms with Crippen LogP contribution in [0.4, 0.5) is 0 Å². The molecule has 0 saturated heterocycles. The SMILES string of the molecule is O=C(O)CCC(OP(=O)(O)Cc1cc2ccccc2[nH]1)C(=O)O. The smallest absolute Gasteiger partial charge is 0.334 e. The zero-order valence-corrected chi connectivity index (χ0v) is 12.9. The first kappa shape index (κ1) is 17.2. The topological polar surface area (TPSA) is 137 Å². The lowest BCUT2D eigenvalue weighted by atomic mass is 10.2. The van der Waals surface area contributed by atoms with Crippen LogP contribution < -0.4 is 0 Å². The summed E-state index contributed by atoms with van der Waals surface area (Å²) in [6.07, 6.45) is -2.89. The van der Waals surface area contributed by atoms with Crippen LogP contribution in [0.3, 0.4) is 0 Å². The Kier molecular flexibility index (Phi) is 5.20. The molecule has 1 aromatic heterocycles. The van der Waals surface area contributed by atoms with Crippen molar-refractivity contribution < 1.29 is 33.8 Å². The van der Waals surface area contributed by atoms with Gasteiger partial charge in [-0.25, -0.2) is 4.79 Å². The van der Waals surface area contributed by atoms with Gasteiger partial charge < -0.3 is 20.1 Å². The number of benzene rings is 1. The number of aliphatic carboxylic acids is 2. The van der Waals surface area contributed by atoms with Crippen molar-refractivity contribution in [2.75, 3.05) is 0 Å². The molecule has 0 amide bonds. The Morgan fingerprint density at radius 2 is 1.96 bits per heavy atom.